The van der Waals surface area contributed by atoms with Gasteiger partial charge in [0.15, 0.2) is 0 Å². The zero-order chi connectivity index (χ0) is 14.7. The first-order valence-corrected chi connectivity index (χ1v) is 6.21. The second-order valence-electron chi connectivity index (χ2n) is 4.64. The summed E-state index contributed by atoms with van der Waals surface area (Å²) in [5.41, 5.74) is 3.04. The summed E-state index contributed by atoms with van der Waals surface area (Å²) in [5, 5.41) is 1.33. The van der Waals surface area contributed by atoms with Crippen molar-refractivity contribution in [3.63, 3.8) is 0 Å². The van der Waals surface area contributed by atoms with Crippen LogP contribution in [0.4, 0.5) is 13.2 Å². The third-order valence-corrected chi connectivity index (χ3v) is 3.01. The molecule has 0 bridgehead atoms. The Morgan fingerprint density at radius 3 is 2.75 bits per heavy atom. The number of nitrogens with one attached hydrogen (secondary N) is 1. The Hall–Kier alpha value is -1.76. The first-order valence-electron chi connectivity index (χ1n) is 6.21. The molecule has 0 aromatic heterocycles. The summed E-state index contributed by atoms with van der Waals surface area (Å²) in [6, 6.07) is 3.50. The average Bonchev–Trinajstić information content (AvgIpc) is 3.20. The molecule has 1 saturated carbocycles. The summed E-state index contributed by atoms with van der Waals surface area (Å²) in [6.07, 6.45) is 1.78. The minimum absolute atomic E-state index is 0.0249. The average molecular weight is 288 g/mol. The molecule has 0 radical (unpaired) electrons. The third kappa shape index (κ3) is 3.86. The summed E-state index contributed by atoms with van der Waals surface area (Å²) in [5.74, 6) is -0.853. The molecule has 1 N–H and O–H groups in total. The van der Waals surface area contributed by atoms with Crippen LogP contribution in [0.3, 0.4) is 0 Å². The topological polar surface area (TPSA) is 41.6 Å². The SMILES string of the molecule is CN(NCc1ccc(OC(F)F)cc1F)C(=O)C1CC1. The number of hydrogen-bond acceptors (Lipinski definition) is 3. The zero-order valence-electron chi connectivity index (χ0n) is 10.9. The Balaban J connectivity index is 1.90. The molecule has 0 atom stereocenters. The van der Waals surface area contributed by atoms with Crippen molar-refractivity contribution in [2.24, 2.45) is 5.92 Å². The van der Waals surface area contributed by atoms with E-state index < -0.39 is 12.4 Å². The summed E-state index contributed by atoms with van der Waals surface area (Å²) in [4.78, 5) is 11.7. The van der Waals surface area contributed by atoms with Gasteiger partial charge < -0.3 is 4.74 Å². The van der Waals surface area contributed by atoms with Crippen molar-refractivity contribution in [2.45, 2.75) is 26.0 Å². The number of halogens is 3. The first-order chi connectivity index (χ1) is 9.47. The van der Waals surface area contributed by atoms with Crippen molar-refractivity contribution in [3.05, 3.63) is 29.6 Å². The Kier molecular flexibility index (Phi) is 4.49. The van der Waals surface area contributed by atoms with E-state index in [0.29, 0.717) is 0 Å². The highest BCUT2D eigenvalue weighted by molar-refractivity contribution is 5.80. The lowest BCUT2D eigenvalue weighted by Gasteiger charge is -2.18. The van der Waals surface area contributed by atoms with E-state index in [4.69, 9.17) is 0 Å². The van der Waals surface area contributed by atoms with Crippen molar-refractivity contribution >= 4 is 5.91 Å². The van der Waals surface area contributed by atoms with Crippen LogP contribution in [0.5, 0.6) is 5.75 Å². The normalized spacial score (nSPS) is 14.4. The van der Waals surface area contributed by atoms with E-state index in [2.05, 4.69) is 10.2 Å². The van der Waals surface area contributed by atoms with Crippen LogP contribution in [0.15, 0.2) is 18.2 Å². The summed E-state index contributed by atoms with van der Waals surface area (Å²) < 4.78 is 41.7. The number of carbonyl (C=O) groups is 1. The molecule has 0 heterocycles. The highest BCUT2D eigenvalue weighted by Crippen LogP contribution is 2.30. The molecule has 1 aliphatic carbocycles. The van der Waals surface area contributed by atoms with Crippen LogP contribution in [0, 0.1) is 11.7 Å². The first kappa shape index (κ1) is 14.6. The van der Waals surface area contributed by atoms with E-state index in [1.807, 2.05) is 0 Å². The predicted octanol–water partition coefficient (Wildman–Crippen LogP) is 2.30. The predicted molar refractivity (Wildman–Crippen MR) is 65.4 cm³/mol. The second kappa shape index (κ2) is 6.13. The lowest BCUT2D eigenvalue weighted by Crippen LogP contribution is -2.40. The van der Waals surface area contributed by atoms with Crippen LogP contribution >= 0.6 is 0 Å². The molecular formula is C13H15F3N2O2. The Labute approximate surface area is 114 Å². The number of hydrogen-bond donors (Lipinski definition) is 1. The molecule has 1 fully saturated rings. The van der Waals surface area contributed by atoms with Crippen molar-refractivity contribution in [3.8, 4) is 5.75 Å². The maximum absolute atomic E-state index is 13.7. The van der Waals surface area contributed by atoms with Gasteiger partial charge in [0.1, 0.15) is 11.6 Å². The van der Waals surface area contributed by atoms with Gasteiger partial charge >= 0.3 is 6.61 Å². The molecule has 0 spiro atoms. The molecule has 0 aliphatic heterocycles. The monoisotopic (exact) mass is 288 g/mol. The number of rotatable bonds is 6. The molecule has 110 valence electrons. The van der Waals surface area contributed by atoms with Crippen LogP contribution in [0.25, 0.3) is 0 Å². The van der Waals surface area contributed by atoms with Crippen LogP contribution in [0.2, 0.25) is 0 Å². The molecule has 2 rings (SSSR count). The quantitative estimate of drug-likeness (QED) is 0.817. The molecule has 1 aromatic rings. The fourth-order valence-electron chi connectivity index (χ4n) is 1.73. The van der Waals surface area contributed by atoms with E-state index in [-0.39, 0.29) is 29.7 Å². The van der Waals surface area contributed by atoms with Crippen molar-refractivity contribution < 1.29 is 22.7 Å². The van der Waals surface area contributed by atoms with Gasteiger partial charge in [-0.3, -0.25) is 9.80 Å². The van der Waals surface area contributed by atoms with Gasteiger partial charge in [-0.15, -0.1) is 0 Å². The highest BCUT2D eigenvalue weighted by Gasteiger charge is 2.32. The second-order valence-corrected chi connectivity index (χ2v) is 4.64. The molecule has 1 amide bonds. The maximum Gasteiger partial charge on any atom is 0.387 e. The van der Waals surface area contributed by atoms with E-state index in [1.54, 1.807) is 7.05 Å². The number of benzene rings is 1. The van der Waals surface area contributed by atoms with E-state index in [1.165, 1.54) is 17.1 Å². The largest absolute Gasteiger partial charge is 0.435 e. The fourth-order valence-corrected chi connectivity index (χ4v) is 1.73. The van der Waals surface area contributed by atoms with E-state index in [0.717, 1.165) is 18.9 Å². The molecular weight excluding hydrogens is 273 g/mol. The number of alkyl halides is 2. The van der Waals surface area contributed by atoms with Gasteiger partial charge in [-0.1, -0.05) is 6.07 Å². The molecule has 4 nitrogen and oxygen atoms in total. The minimum atomic E-state index is -2.99. The molecule has 1 aliphatic rings. The van der Waals surface area contributed by atoms with Gasteiger partial charge in [0.05, 0.1) is 0 Å². The number of amides is 1. The number of ether oxygens (including phenoxy) is 1. The Morgan fingerprint density at radius 1 is 1.50 bits per heavy atom. The van der Waals surface area contributed by atoms with Crippen molar-refractivity contribution in [1.29, 1.82) is 0 Å². The van der Waals surface area contributed by atoms with Gasteiger partial charge in [-0.2, -0.15) is 8.78 Å². The standard InChI is InChI=1S/C13H15F3N2O2/c1-18(12(19)8-2-3-8)17-7-9-4-5-10(6-11(9)14)20-13(15)16/h4-6,8,13,17H,2-3,7H2,1H3. The number of hydrazine groups is 1. The van der Waals surface area contributed by atoms with Crippen LogP contribution < -0.4 is 10.2 Å². The van der Waals surface area contributed by atoms with E-state index >= 15 is 0 Å². The summed E-state index contributed by atoms with van der Waals surface area (Å²) in [7, 11) is 1.58. The van der Waals surface area contributed by atoms with Gasteiger partial charge in [-0.25, -0.2) is 9.82 Å². The smallest absolute Gasteiger partial charge is 0.387 e. The summed E-state index contributed by atoms with van der Waals surface area (Å²) >= 11 is 0. The number of carbonyl (C=O) groups excluding carboxylic acids is 1. The van der Waals surface area contributed by atoms with Gasteiger partial charge in [0.25, 0.3) is 0 Å². The van der Waals surface area contributed by atoms with Crippen LogP contribution in [-0.2, 0) is 11.3 Å². The molecule has 0 saturated heterocycles. The minimum Gasteiger partial charge on any atom is -0.435 e. The third-order valence-electron chi connectivity index (χ3n) is 3.01. The Bertz CT molecular complexity index is 493. The lowest BCUT2D eigenvalue weighted by atomic mass is 10.2. The summed E-state index contributed by atoms with van der Waals surface area (Å²) in [6.45, 7) is -2.89. The fraction of sp³-hybridized carbons (Fsp3) is 0.462. The lowest BCUT2D eigenvalue weighted by molar-refractivity contribution is -0.134. The van der Waals surface area contributed by atoms with Gasteiger partial charge in [0.2, 0.25) is 5.91 Å². The number of nitrogens with zero attached hydrogens (tertiary/aromatic N) is 1. The molecule has 0 unspecified atom stereocenters. The maximum atomic E-state index is 13.7. The highest BCUT2D eigenvalue weighted by atomic mass is 19.3. The molecule has 1 aromatic carbocycles. The zero-order valence-corrected chi connectivity index (χ0v) is 10.9. The van der Waals surface area contributed by atoms with Gasteiger partial charge in [-0.05, 0) is 18.9 Å². The van der Waals surface area contributed by atoms with Crippen molar-refractivity contribution in [1.82, 2.24) is 10.4 Å². The van der Waals surface area contributed by atoms with Crippen LogP contribution in [-0.4, -0.2) is 24.6 Å². The Morgan fingerprint density at radius 2 is 2.20 bits per heavy atom. The van der Waals surface area contributed by atoms with Crippen molar-refractivity contribution in [2.75, 3.05) is 7.05 Å². The van der Waals surface area contributed by atoms with E-state index in [9.17, 15) is 18.0 Å². The molecule has 7 heteroatoms. The molecule has 20 heavy (non-hydrogen) atoms. The van der Waals surface area contributed by atoms with Crippen LogP contribution in [0.1, 0.15) is 18.4 Å². The van der Waals surface area contributed by atoms with Gasteiger partial charge in [0, 0.05) is 31.1 Å².